The van der Waals surface area contributed by atoms with Crippen molar-refractivity contribution in [2.75, 3.05) is 27.7 Å². The second-order valence-corrected chi connectivity index (χ2v) is 3.56. The number of methoxy groups -OCH3 is 1. The van der Waals surface area contributed by atoms with E-state index in [1.165, 1.54) is 4.90 Å². The van der Waals surface area contributed by atoms with E-state index in [0.717, 1.165) is 11.3 Å². The van der Waals surface area contributed by atoms with Crippen LogP contribution < -0.4 is 47.6 Å². The Morgan fingerprint density at radius 1 is 1.39 bits per heavy atom. The fourth-order valence-corrected chi connectivity index (χ4v) is 1.14. The normalized spacial score (nSPS) is 10.1. The summed E-state index contributed by atoms with van der Waals surface area (Å²) in [5.41, 5.74) is 1.02. The number of benzene rings is 1. The number of hydrogen-bond donors (Lipinski definition) is 0. The van der Waals surface area contributed by atoms with Gasteiger partial charge in [0.1, 0.15) is 0 Å². The van der Waals surface area contributed by atoms with Crippen LogP contribution in [0, 0.1) is 6.07 Å². The predicted octanol–water partition coefficient (Wildman–Crippen LogP) is -5.68. The number of rotatable bonds is 4. The van der Waals surface area contributed by atoms with Crippen molar-refractivity contribution in [1.82, 2.24) is 4.90 Å². The van der Waals surface area contributed by atoms with Gasteiger partial charge in [-0.1, -0.05) is 0 Å². The third-order valence-electron chi connectivity index (χ3n) is 2.10. The van der Waals surface area contributed by atoms with Crippen LogP contribution in [0.1, 0.15) is 5.56 Å². The van der Waals surface area contributed by atoms with Gasteiger partial charge in [-0.2, -0.15) is 17.7 Å². The molecule has 0 radical (unpaired) electrons. The molecule has 0 saturated heterocycles. The largest absolute Gasteiger partial charge is 1.00 e. The topological polar surface area (TPSA) is 47.9 Å². The fraction of sp³-hybridized carbons (Fsp3) is 0.417. The van der Waals surface area contributed by atoms with E-state index in [-0.39, 0.29) is 43.7 Å². The van der Waals surface area contributed by atoms with Crippen molar-refractivity contribution in [3.8, 4) is 5.75 Å². The molecule has 1 rings (SSSR count). The van der Waals surface area contributed by atoms with E-state index in [9.17, 15) is 5.11 Å². The molecule has 18 heavy (non-hydrogen) atoms. The number of hydrogen-bond acceptors (Lipinski definition) is 3. The summed E-state index contributed by atoms with van der Waals surface area (Å²) in [6.07, 6.45) is 0.712. The van der Waals surface area contributed by atoms with E-state index in [4.69, 9.17) is 4.74 Å². The zero-order valence-corrected chi connectivity index (χ0v) is 11.9. The molecule has 0 saturated carbocycles. The fourth-order valence-electron chi connectivity index (χ4n) is 1.14. The molecule has 0 aliphatic heterocycles. The SMILES string of the molecule is COc1c[c-]c(CCN=C([O-])N(C)C)cc1.[Li+].[Li+]. The molecule has 4 nitrogen and oxygen atoms in total. The van der Waals surface area contributed by atoms with E-state index < -0.39 is 0 Å². The molecule has 0 aliphatic carbocycles. The molecule has 0 bridgehead atoms. The Morgan fingerprint density at radius 3 is 2.50 bits per heavy atom. The first-order chi connectivity index (χ1) is 7.63. The maximum Gasteiger partial charge on any atom is 1.00 e. The maximum absolute atomic E-state index is 11.2. The van der Waals surface area contributed by atoms with Gasteiger partial charge >= 0.3 is 37.7 Å². The molecule has 6 heteroatoms. The van der Waals surface area contributed by atoms with Crippen molar-refractivity contribution in [3.05, 3.63) is 29.8 Å². The van der Waals surface area contributed by atoms with E-state index in [2.05, 4.69) is 11.1 Å². The minimum Gasteiger partial charge on any atom is -0.846 e. The number of aliphatic imine (C=N–C) groups is 1. The van der Waals surface area contributed by atoms with Gasteiger partial charge in [-0.3, -0.25) is 4.99 Å². The summed E-state index contributed by atoms with van der Waals surface area (Å²) in [4.78, 5) is 5.35. The minimum absolute atomic E-state index is 0. The molecule has 0 atom stereocenters. The van der Waals surface area contributed by atoms with Crippen molar-refractivity contribution in [2.45, 2.75) is 6.42 Å². The van der Waals surface area contributed by atoms with Crippen LogP contribution in [0.2, 0.25) is 0 Å². The van der Waals surface area contributed by atoms with E-state index >= 15 is 0 Å². The Balaban J connectivity index is 0. The summed E-state index contributed by atoms with van der Waals surface area (Å²) in [6.45, 7) is 0.486. The number of nitrogens with zero attached hydrogens (tertiary/aromatic N) is 2. The Labute approximate surface area is 133 Å². The van der Waals surface area contributed by atoms with Gasteiger partial charge in [-0.25, -0.2) is 0 Å². The predicted molar refractivity (Wildman–Crippen MR) is 61.5 cm³/mol. The van der Waals surface area contributed by atoms with Crippen LogP contribution in [-0.2, 0) is 6.42 Å². The average molecular weight is 234 g/mol. The Morgan fingerprint density at radius 2 is 2.06 bits per heavy atom. The van der Waals surface area contributed by atoms with Gasteiger partial charge in [-0.15, -0.1) is 12.1 Å². The van der Waals surface area contributed by atoms with Crippen LogP contribution in [0.25, 0.3) is 0 Å². The van der Waals surface area contributed by atoms with Crippen LogP contribution in [0.3, 0.4) is 0 Å². The van der Waals surface area contributed by atoms with Crippen molar-refractivity contribution >= 4 is 6.02 Å². The molecular weight excluding hydrogens is 218 g/mol. The molecule has 88 valence electrons. The molecule has 0 fully saturated rings. The van der Waals surface area contributed by atoms with Crippen LogP contribution in [-0.4, -0.2) is 38.7 Å². The Bertz CT molecular complexity index is 354. The van der Waals surface area contributed by atoms with E-state index in [1.54, 1.807) is 27.3 Å². The first-order valence-electron chi connectivity index (χ1n) is 5.07. The van der Waals surface area contributed by atoms with Crippen molar-refractivity contribution in [2.24, 2.45) is 4.99 Å². The van der Waals surface area contributed by atoms with Crippen molar-refractivity contribution < 1.29 is 47.6 Å². The molecule has 0 spiro atoms. The van der Waals surface area contributed by atoms with Crippen molar-refractivity contribution in [3.63, 3.8) is 0 Å². The van der Waals surface area contributed by atoms with Crippen LogP contribution in [0.5, 0.6) is 5.75 Å². The van der Waals surface area contributed by atoms with Crippen molar-refractivity contribution in [1.29, 1.82) is 0 Å². The second kappa shape index (κ2) is 10.4. The first kappa shape index (κ1) is 19.8. The smallest absolute Gasteiger partial charge is 0.846 e. The number of amidine groups is 1. The van der Waals surface area contributed by atoms with Crippen LogP contribution in [0.4, 0.5) is 0 Å². The minimum atomic E-state index is -0.200. The summed E-state index contributed by atoms with van der Waals surface area (Å²) < 4.78 is 5.03. The molecule has 0 N–H and O–H groups in total. The number of ether oxygens (including phenoxy) is 1. The Kier molecular flexibility index (Phi) is 11.5. The molecule has 0 unspecified atom stereocenters. The van der Waals surface area contributed by atoms with Gasteiger partial charge in [-0.05, 0) is 6.42 Å². The molecule has 1 aromatic carbocycles. The Hall–Kier alpha value is -0.515. The van der Waals surface area contributed by atoms with E-state index in [1.807, 2.05) is 12.1 Å². The molecule has 0 heterocycles. The van der Waals surface area contributed by atoms with Gasteiger partial charge in [0.25, 0.3) is 0 Å². The second-order valence-electron chi connectivity index (χ2n) is 3.56. The van der Waals surface area contributed by atoms with Crippen LogP contribution >= 0.6 is 0 Å². The summed E-state index contributed by atoms with van der Waals surface area (Å²) in [6, 6.07) is 8.46. The summed E-state index contributed by atoms with van der Waals surface area (Å²) in [7, 11) is 4.99. The van der Waals surface area contributed by atoms with Gasteiger partial charge in [0.15, 0.2) is 0 Å². The first-order valence-corrected chi connectivity index (χ1v) is 5.07. The van der Waals surface area contributed by atoms with E-state index in [0.29, 0.717) is 13.0 Å². The monoisotopic (exact) mass is 234 g/mol. The molecule has 0 amide bonds. The third kappa shape index (κ3) is 7.04. The zero-order valence-electron chi connectivity index (χ0n) is 11.9. The quantitative estimate of drug-likeness (QED) is 0.226. The van der Waals surface area contributed by atoms with Crippen LogP contribution in [0.15, 0.2) is 23.2 Å². The zero-order chi connectivity index (χ0) is 12.0. The summed E-state index contributed by atoms with van der Waals surface area (Å²) in [5.74, 6) is 0.782. The summed E-state index contributed by atoms with van der Waals surface area (Å²) >= 11 is 0. The van der Waals surface area contributed by atoms with Gasteiger partial charge in [0.2, 0.25) is 0 Å². The molecule has 0 aromatic heterocycles. The molecule has 0 aliphatic rings. The maximum atomic E-state index is 11.2. The standard InChI is InChI=1S/C12H17N2O2.2Li/c1-14(2)12(15)13-9-8-10-4-6-11(16-3)7-5-10;;/h4,6-7H,8-9H2,1-3H3,(H,13,15);;/q-1;2*+1/p-1. The summed E-state index contributed by atoms with van der Waals surface area (Å²) in [5, 5.41) is 11.2. The molecule has 1 aromatic rings. The van der Waals surface area contributed by atoms with Gasteiger partial charge in [0, 0.05) is 32.4 Å². The molecular formula is C12H16Li2N2O2. The van der Waals surface area contributed by atoms with Gasteiger partial charge < -0.3 is 14.7 Å². The van der Waals surface area contributed by atoms with Gasteiger partial charge in [0.05, 0.1) is 7.11 Å². The third-order valence-corrected chi connectivity index (χ3v) is 2.10. The average Bonchev–Trinajstić information content (AvgIpc) is 2.29.